The van der Waals surface area contributed by atoms with Crippen molar-refractivity contribution in [2.45, 2.75) is 12.7 Å². The summed E-state index contributed by atoms with van der Waals surface area (Å²) in [6.45, 7) is 0.289. The maximum Gasteiger partial charge on any atom is 0.269 e. The fourth-order valence-corrected chi connectivity index (χ4v) is 3.16. The summed E-state index contributed by atoms with van der Waals surface area (Å²) in [5.74, 6) is 2.32. The molecule has 160 valence electrons. The lowest BCUT2D eigenvalue weighted by Gasteiger charge is -2.25. The molecule has 0 aliphatic carbocycles. The van der Waals surface area contributed by atoms with Crippen LogP contribution in [-0.4, -0.2) is 28.8 Å². The first-order valence-electron chi connectivity index (χ1n) is 10.0. The van der Waals surface area contributed by atoms with Crippen molar-refractivity contribution in [3.8, 4) is 28.7 Å². The third kappa shape index (κ3) is 4.39. The molecule has 4 aromatic rings. The second-order valence-electron chi connectivity index (χ2n) is 7.03. The van der Waals surface area contributed by atoms with Crippen LogP contribution in [0.2, 0.25) is 0 Å². The van der Waals surface area contributed by atoms with E-state index in [1.165, 1.54) is 0 Å². The average Bonchev–Trinajstić information content (AvgIpc) is 3.33. The number of carbonyl (C=O) groups excluding carboxylic acids is 1. The van der Waals surface area contributed by atoms with E-state index in [1.54, 1.807) is 36.4 Å². The van der Waals surface area contributed by atoms with Crippen LogP contribution < -0.4 is 19.5 Å². The summed E-state index contributed by atoms with van der Waals surface area (Å²) in [6, 6.07) is 23.8. The van der Waals surface area contributed by atoms with Gasteiger partial charge >= 0.3 is 0 Å². The quantitative estimate of drug-likeness (QED) is 0.493. The largest absolute Gasteiger partial charge is 0.485 e. The summed E-state index contributed by atoms with van der Waals surface area (Å²) < 4.78 is 22.7. The van der Waals surface area contributed by atoms with Gasteiger partial charge in [0.1, 0.15) is 12.4 Å². The molecule has 1 aromatic heterocycles. The van der Waals surface area contributed by atoms with Crippen LogP contribution >= 0.6 is 0 Å². The fraction of sp³-hybridized carbons (Fsp3) is 0.125. The molecular weight excluding hydrogens is 410 g/mol. The molecule has 8 heteroatoms. The van der Waals surface area contributed by atoms with Crippen LogP contribution in [0.25, 0.3) is 11.5 Å². The van der Waals surface area contributed by atoms with E-state index < -0.39 is 6.10 Å². The Kier molecular flexibility index (Phi) is 5.40. The third-order valence-corrected chi connectivity index (χ3v) is 4.77. The number of hydrogen-bond donors (Lipinski definition) is 1. The highest BCUT2D eigenvalue weighted by Crippen LogP contribution is 2.31. The zero-order valence-electron chi connectivity index (χ0n) is 16.9. The molecule has 32 heavy (non-hydrogen) atoms. The van der Waals surface area contributed by atoms with Crippen molar-refractivity contribution in [3.05, 3.63) is 84.8 Å². The molecule has 0 saturated carbocycles. The van der Waals surface area contributed by atoms with E-state index in [0.717, 1.165) is 5.56 Å². The van der Waals surface area contributed by atoms with Gasteiger partial charge in [0.2, 0.25) is 12.0 Å². The number of para-hydroxylation sites is 2. The van der Waals surface area contributed by atoms with Crippen LogP contribution in [0.4, 0.5) is 5.69 Å². The molecule has 1 aliphatic heterocycles. The van der Waals surface area contributed by atoms with Gasteiger partial charge in [0.15, 0.2) is 18.1 Å². The van der Waals surface area contributed by atoms with Gasteiger partial charge < -0.3 is 23.9 Å². The molecule has 0 radical (unpaired) electrons. The third-order valence-electron chi connectivity index (χ3n) is 4.77. The van der Waals surface area contributed by atoms with Gasteiger partial charge in [0.25, 0.3) is 11.8 Å². The Morgan fingerprint density at radius 3 is 2.50 bits per heavy atom. The first-order chi connectivity index (χ1) is 15.7. The Labute approximate surface area is 183 Å². The zero-order valence-corrected chi connectivity index (χ0v) is 16.9. The zero-order chi connectivity index (χ0) is 21.8. The van der Waals surface area contributed by atoms with Crippen molar-refractivity contribution in [1.29, 1.82) is 0 Å². The van der Waals surface area contributed by atoms with Crippen molar-refractivity contribution in [1.82, 2.24) is 10.2 Å². The predicted molar refractivity (Wildman–Crippen MR) is 115 cm³/mol. The fourth-order valence-electron chi connectivity index (χ4n) is 3.16. The van der Waals surface area contributed by atoms with Gasteiger partial charge in [-0.3, -0.25) is 4.79 Å². The van der Waals surface area contributed by atoms with Crippen molar-refractivity contribution >= 4 is 11.6 Å². The minimum atomic E-state index is -0.725. The molecule has 2 heterocycles. The van der Waals surface area contributed by atoms with Gasteiger partial charge in [-0.05, 0) is 48.5 Å². The molecule has 1 atom stereocenters. The molecule has 0 fully saturated rings. The van der Waals surface area contributed by atoms with Crippen LogP contribution in [0.15, 0.2) is 83.3 Å². The first-order valence-corrected chi connectivity index (χ1v) is 10.0. The number of nitrogens with zero attached hydrogens (tertiary/aromatic N) is 2. The van der Waals surface area contributed by atoms with Crippen molar-refractivity contribution in [2.75, 3.05) is 11.9 Å². The Balaban J connectivity index is 1.15. The molecule has 0 spiro atoms. The van der Waals surface area contributed by atoms with Gasteiger partial charge in [-0.25, -0.2) is 0 Å². The van der Waals surface area contributed by atoms with Gasteiger partial charge in [-0.1, -0.05) is 30.3 Å². The van der Waals surface area contributed by atoms with Crippen LogP contribution in [0.1, 0.15) is 5.89 Å². The molecule has 3 aromatic carbocycles. The number of fused-ring (bicyclic) bond motifs is 1. The number of anilines is 1. The van der Waals surface area contributed by atoms with Gasteiger partial charge in [0, 0.05) is 11.3 Å². The maximum absolute atomic E-state index is 12.5. The Morgan fingerprint density at radius 1 is 0.938 bits per heavy atom. The smallest absolute Gasteiger partial charge is 0.269 e. The molecule has 0 bridgehead atoms. The van der Waals surface area contributed by atoms with Gasteiger partial charge in [-0.15, -0.1) is 10.2 Å². The molecule has 0 saturated heterocycles. The predicted octanol–water partition coefficient (Wildman–Crippen LogP) is 4.09. The lowest BCUT2D eigenvalue weighted by Crippen LogP contribution is -2.40. The van der Waals surface area contributed by atoms with Crippen LogP contribution in [-0.2, 0) is 11.4 Å². The van der Waals surface area contributed by atoms with Crippen LogP contribution in [0.5, 0.6) is 17.2 Å². The Bertz CT molecular complexity index is 1210. The highest BCUT2D eigenvalue weighted by atomic mass is 16.6. The lowest BCUT2D eigenvalue weighted by molar-refractivity contribution is -0.125. The number of benzene rings is 3. The molecule has 1 N–H and O–H groups in total. The minimum Gasteiger partial charge on any atom is -0.485 e. The highest BCUT2D eigenvalue weighted by molar-refractivity contribution is 5.94. The van der Waals surface area contributed by atoms with E-state index in [0.29, 0.717) is 34.7 Å². The summed E-state index contributed by atoms with van der Waals surface area (Å²) >= 11 is 0. The summed E-state index contributed by atoms with van der Waals surface area (Å²) in [6.07, 6.45) is -0.725. The van der Waals surface area contributed by atoms with E-state index in [4.69, 9.17) is 18.6 Å². The number of hydrogen-bond acceptors (Lipinski definition) is 7. The van der Waals surface area contributed by atoms with Crippen molar-refractivity contribution in [3.63, 3.8) is 0 Å². The van der Waals surface area contributed by atoms with Gasteiger partial charge in [-0.2, -0.15) is 0 Å². The summed E-state index contributed by atoms with van der Waals surface area (Å²) in [4.78, 5) is 12.5. The minimum absolute atomic E-state index is 0.137. The highest BCUT2D eigenvalue weighted by Gasteiger charge is 2.27. The number of carbonyl (C=O) groups is 1. The van der Waals surface area contributed by atoms with Crippen LogP contribution in [0, 0.1) is 0 Å². The number of amides is 1. The van der Waals surface area contributed by atoms with E-state index in [-0.39, 0.29) is 19.1 Å². The molecule has 1 aliphatic rings. The average molecular weight is 429 g/mol. The summed E-state index contributed by atoms with van der Waals surface area (Å²) in [5.41, 5.74) is 1.47. The summed E-state index contributed by atoms with van der Waals surface area (Å²) in [7, 11) is 0. The van der Waals surface area contributed by atoms with Crippen LogP contribution in [0.3, 0.4) is 0 Å². The molecule has 1 amide bonds. The second kappa shape index (κ2) is 8.81. The number of nitrogens with one attached hydrogen (secondary N) is 1. The molecule has 0 unspecified atom stereocenters. The summed E-state index contributed by atoms with van der Waals surface area (Å²) in [5, 5.41) is 10.9. The standard InChI is InChI=1S/C24H19N3O5/c28-23(21-14-30-19-8-4-5-9-20(19)31-21)25-17-10-12-18(13-11-17)29-15-22-26-27-24(32-22)16-6-2-1-3-7-16/h1-13,21H,14-15H2,(H,25,28)/t21-/m0/s1. The maximum atomic E-state index is 12.5. The van der Waals surface area contributed by atoms with E-state index in [2.05, 4.69) is 15.5 Å². The SMILES string of the molecule is O=C(Nc1ccc(OCc2nnc(-c3ccccc3)o2)cc1)[C@@H]1COc2ccccc2O1. The Hall–Kier alpha value is -4.33. The second-order valence-corrected chi connectivity index (χ2v) is 7.03. The molecule has 8 nitrogen and oxygen atoms in total. The van der Waals surface area contributed by atoms with Crippen molar-refractivity contribution in [2.24, 2.45) is 0 Å². The lowest BCUT2D eigenvalue weighted by atomic mass is 10.2. The van der Waals surface area contributed by atoms with E-state index >= 15 is 0 Å². The number of rotatable bonds is 6. The molecular formula is C24H19N3O5. The van der Waals surface area contributed by atoms with Gasteiger partial charge in [0.05, 0.1) is 0 Å². The normalized spacial score (nSPS) is 14.6. The molecule has 5 rings (SSSR count). The topological polar surface area (TPSA) is 95.7 Å². The monoisotopic (exact) mass is 429 g/mol. The Morgan fingerprint density at radius 2 is 1.69 bits per heavy atom. The number of ether oxygens (including phenoxy) is 3. The van der Waals surface area contributed by atoms with E-state index in [1.807, 2.05) is 42.5 Å². The first kappa shape index (κ1) is 19.6. The van der Waals surface area contributed by atoms with Crippen molar-refractivity contribution < 1.29 is 23.4 Å². The number of aromatic nitrogens is 2. The van der Waals surface area contributed by atoms with E-state index in [9.17, 15) is 4.79 Å².